The second-order valence-corrected chi connectivity index (χ2v) is 6.78. The topological polar surface area (TPSA) is 68.5 Å². The summed E-state index contributed by atoms with van der Waals surface area (Å²) in [5.74, 6) is -0.689. The Bertz CT molecular complexity index is 873. The second-order valence-electron chi connectivity index (χ2n) is 6.78. The first-order valence-electron chi connectivity index (χ1n) is 8.85. The maximum absolute atomic E-state index is 14.4. The Balaban J connectivity index is 1.65. The number of aromatic nitrogens is 2. The van der Waals surface area contributed by atoms with Gasteiger partial charge in [-0.15, -0.1) is 10.2 Å². The van der Waals surface area contributed by atoms with E-state index in [1.165, 1.54) is 6.07 Å². The molecule has 4 rings (SSSR count). The van der Waals surface area contributed by atoms with E-state index < -0.39 is 23.9 Å². The van der Waals surface area contributed by atoms with E-state index >= 15 is 0 Å². The molecular weight excluding hydrogens is 363 g/mol. The first-order valence-corrected chi connectivity index (χ1v) is 8.85. The van der Waals surface area contributed by atoms with Crippen LogP contribution in [0, 0.1) is 11.7 Å². The Morgan fingerprint density at radius 3 is 2.81 bits per heavy atom. The summed E-state index contributed by atoms with van der Waals surface area (Å²) in [4.78, 5) is 14.6. The number of rotatable bonds is 5. The molecule has 9 heteroatoms. The molecule has 144 valence electrons. The summed E-state index contributed by atoms with van der Waals surface area (Å²) >= 11 is 0. The van der Waals surface area contributed by atoms with E-state index in [1.54, 1.807) is 4.90 Å². The van der Waals surface area contributed by atoms with Gasteiger partial charge in [0.1, 0.15) is 17.1 Å². The van der Waals surface area contributed by atoms with Crippen LogP contribution in [0.1, 0.15) is 48.3 Å². The molecule has 1 aliphatic heterocycles. The molecule has 1 saturated carbocycles. The summed E-state index contributed by atoms with van der Waals surface area (Å²) in [5, 5.41) is 8.13. The normalized spacial score (nSPS) is 24.0. The number of halogens is 3. The SMILES string of the molecule is CCc1nnc([C@]23CC[C@H]2CCN3C(=O)c2ccc(OC(F)F)cc2F)o1. The van der Waals surface area contributed by atoms with Crippen LogP contribution in [-0.2, 0) is 12.0 Å². The van der Waals surface area contributed by atoms with Crippen molar-refractivity contribution in [3.05, 3.63) is 41.4 Å². The van der Waals surface area contributed by atoms with Gasteiger partial charge in [0.15, 0.2) is 0 Å². The molecule has 1 saturated heterocycles. The Morgan fingerprint density at radius 1 is 1.41 bits per heavy atom. The van der Waals surface area contributed by atoms with Gasteiger partial charge in [-0.1, -0.05) is 6.92 Å². The lowest BCUT2D eigenvalue weighted by Crippen LogP contribution is -2.54. The average molecular weight is 381 g/mol. The van der Waals surface area contributed by atoms with Crippen LogP contribution in [0.5, 0.6) is 5.75 Å². The third kappa shape index (κ3) is 2.76. The number of nitrogens with zero attached hydrogens (tertiary/aromatic N) is 3. The van der Waals surface area contributed by atoms with Crippen LogP contribution < -0.4 is 4.74 Å². The highest BCUT2D eigenvalue weighted by Crippen LogP contribution is 2.56. The predicted molar refractivity (Wildman–Crippen MR) is 86.8 cm³/mol. The van der Waals surface area contributed by atoms with Crippen molar-refractivity contribution in [2.24, 2.45) is 5.92 Å². The van der Waals surface area contributed by atoms with E-state index in [0.29, 0.717) is 31.2 Å². The van der Waals surface area contributed by atoms with E-state index in [4.69, 9.17) is 4.42 Å². The minimum absolute atomic E-state index is 0.191. The van der Waals surface area contributed by atoms with Crippen LogP contribution in [0.25, 0.3) is 0 Å². The van der Waals surface area contributed by atoms with Crippen molar-refractivity contribution in [1.82, 2.24) is 15.1 Å². The van der Waals surface area contributed by atoms with Crippen molar-refractivity contribution in [3.63, 3.8) is 0 Å². The number of amides is 1. The van der Waals surface area contributed by atoms with Crippen molar-refractivity contribution in [2.45, 2.75) is 44.8 Å². The summed E-state index contributed by atoms with van der Waals surface area (Å²) in [6, 6.07) is 3.12. The molecule has 0 unspecified atom stereocenters. The molecule has 1 aliphatic carbocycles. The molecule has 2 aromatic rings. The standard InChI is InChI=1S/C18H18F3N3O3/c1-2-14-22-23-16(27-14)18-7-5-10(18)6-8-24(18)15(25)12-4-3-11(9-13(12)19)26-17(20)21/h3-4,9-10,17H,2,5-8H2,1H3/t10-,18-/m0/s1. The van der Waals surface area contributed by atoms with Crippen LogP contribution in [0.4, 0.5) is 13.2 Å². The molecule has 0 radical (unpaired) electrons. The van der Waals surface area contributed by atoms with E-state index in [0.717, 1.165) is 25.0 Å². The van der Waals surface area contributed by atoms with Gasteiger partial charge in [-0.05, 0) is 37.3 Å². The molecule has 0 spiro atoms. The number of hydrogen-bond acceptors (Lipinski definition) is 5. The molecular formula is C18H18F3N3O3. The van der Waals surface area contributed by atoms with Crippen LogP contribution in [0.15, 0.2) is 22.6 Å². The number of hydrogen-bond donors (Lipinski definition) is 0. The lowest BCUT2D eigenvalue weighted by Gasteiger charge is -2.47. The van der Waals surface area contributed by atoms with Gasteiger partial charge in [0, 0.05) is 19.0 Å². The predicted octanol–water partition coefficient (Wildman–Crippen LogP) is 3.52. The third-order valence-corrected chi connectivity index (χ3v) is 5.51. The average Bonchev–Trinajstić information content (AvgIpc) is 3.17. The quantitative estimate of drug-likeness (QED) is 0.793. The van der Waals surface area contributed by atoms with Crippen LogP contribution in [0.2, 0.25) is 0 Å². The molecule has 2 aliphatic rings. The zero-order chi connectivity index (χ0) is 19.2. The summed E-state index contributed by atoms with van der Waals surface area (Å²) in [7, 11) is 0. The number of carbonyl (C=O) groups excluding carboxylic acids is 1. The zero-order valence-electron chi connectivity index (χ0n) is 14.6. The van der Waals surface area contributed by atoms with Gasteiger partial charge in [0.2, 0.25) is 11.8 Å². The second kappa shape index (κ2) is 6.54. The summed E-state index contributed by atoms with van der Waals surface area (Å²) in [6.45, 7) is -0.723. The van der Waals surface area contributed by atoms with Crippen LogP contribution in [-0.4, -0.2) is 34.2 Å². The van der Waals surface area contributed by atoms with Crippen molar-refractivity contribution >= 4 is 5.91 Å². The molecule has 27 heavy (non-hydrogen) atoms. The molecule has 1 amide bonds. The van der Waals surface area contributed by atoms with E-state index in [-0.39, 0.29) is 17.2 Å². The molecule has 1 aromatic heterocycles. The first kappa shape index (κ1) is 17.8. The van der Waals surface area contributed by atoms with Crippen molar-refractivity contribution in [2.75, 3.05) is 6.54 Å². The molecule has 0 bridgehead atoms. The van der Waals surface area contributed by atoms with Gasteiger partial charge < -0.3 is 14.1 Å². The smallest absolute Gasteiger partial charge is 0.387 e. The Hall–Kier alpha value is -2.58. The highest BCUT2D eigenvalue weighted by atomic mass is 19.3. The van der Waals surface area contributed by atoms with Gasteiger partial charge in [-0.2, -0.15) is 8.78 Å². The highest BCUT2D eigenvalue weighted by Gasteiger charge is 2.61. The van der Waals surface area contributed by atoms with Crippen LogP contribution in [0.3, 0.4) is 0 Å². The number of alkyl halides is 2. The summed E-state index contributed by atoms with van der Waals surface area (Å²) < 4.78 is 48.9. The Morgan fingerprint density at radius 2 is 2.22 bits per heavy atom. The van der Waals surface area contributed by atoms with Gasteiger partial charge >= 0.3 is 6.61 Å². The molecule has 0 N–H and O–H groups in total. The van der Waals surface area contributed by atoms with Gasteiger partial charge in [0.05, 0.1) is 5.56 Å². The molecule has 1 aromatic carbocycles. The van der Waals surface area contributed by atoms with Crippen molar-refractivity contribution in [1.29, 1.82) is 0 Å². The number of benzene rings is 1. The largest absolute Gasteiger partial charge is 0.435 e. The maximum atomic E-state index is 14.4. The van der Waals surface area contributed by atoms with E-state index in [2.05, 4.69) is 14.9 Å². The first-order chi connectivity index (χ1) is 13.0. The minimum atomic E-state index is -3.06. The van der Waals surface area contributed by atoms with Gasteiger partial charge in [-0.3, -0.25) is 4.79 Å². The lowest BCUT2D eigenvalue weighted by atomic mass is 9.67. The number of aryl methyl sites for hydroxylation is 1. The van der Waals surface area contributed by atoms with Gasteiger partial charge in [0.25, 0.3) is 5.91 Å². The number of carbonyl (C=O) groups is 1. The number of fused-ring (bicyclic) bond motifs is 1. The van der Waals surface area contributed by atoms with Gasteiger partial charge in [-0.25, -0.2) is 4.39 Å². The fourth-order valence-electron chi connectivity index (χ4n) is 4.09. The van der Waals surface area contributed by atoms with E-state index in [1.807, 2.05) is 6.92 Å². The Labute approximate surface area is 153 Å². The molecule has 2 heterocycles. The fourth-order valence-corrected chi connectivity index (χ4v) is 4.09. The van der Waals surface area contributed by atoms with E-state index in [9.17, 15) is 18.0 Å². The van der Waals surface area contributed by atoms with Crippen molar-refractivity contribution < 1.29 is 27.1 Å². The van der Waals surface area contributed by atoms with Crippen molar-refractivity contribution in [3.8, 4) is 5.75 Å². The minimum Gasteiger partial charge on any atom is -0.435 e. The zero-order valence-corrected chi connectivity index (χ0v) is 14.6. The summed E-state index contributed by atoms with van der Waals surface area (Å²) in [5.41, 5.74) is -0.902. The third-order valence-electron chi connectivity index (χ3n) is 5.51. The highest BCUT2D eigenvalue weighted by molar-refractivity contribution is 5.95. The lowest BCUT2D eigenvalue weighted by molar-refractivity contribution is -0.0500. The maximum Gasteiger partial charge on any atom is 0.387 e. The molecule has 6 nitrogen and oxygen atoms in total. The Kier molecular flexibility index (Phi) is 4.32. The fraction of sp³-hybridized carbons (Fsp3) is 0.500. The molecule has 2 atom stereocenters. The summed E-state index contributed by atoms with van der Waals surface area (Å²) in [6.07, 6.45) is 2.95. The number of ether oxygens (including phenoxy) is 1. The van der Waals surface area contributed by atoms with Crippen LogP contribution >= 0.6 is 0 Å². The molecule has 2 fully saturated rings. The number of likely N-dealkylation sites (tertiary alicyclic amines) is 1. The monoisotopic (exact) mass is 381 g/mol.